The number of amides is 2. The molecule has 0 aliphatic carbocycles. The molecule has 0 spiro atoms. The predicted octanol–water partition coefficient (Wildman–Crippen LogP) is 2.50. The smallest absolute Gasteiger partial charge is 0.252 e. The van der Waals surface area contributed by atoms with Crippen molar-refractivity contribution in [2.24, 2.45) is 0 Å². The first-order valence-electron chi connectivity index (χ1n) is 8.14. The minimum Gasteiger partial charge on any atom is -0.340 e. The highest BCUT2D eigenvalue weighted by atomic mass is 16.2. The Hall–Kier alpha value is -3.22. The summed E-state index contributed by atoms with van der Waals surface area (Å²) in [4.78, 5) is 36.1. The summed E-state index contributed by atoms with van der Waals surface area (Å²) < 4.78 is 0. The molecule has 0 saturated heterocycles. The van der Waals surface area contributed by atoms with Crippen molar-refractivity contribution in [1.29, 1.82) is 0 Å². The van der Waals surface area contributed by atoms with Crippen molar-refractivity contribution in [3.8, 4) is 0 Å². The van der Waals surface area contributed by atoms with Crippen LogP contribution >= 0.6 is 0 Å². The molecule has 0 fully saturated rings. The van der Waals surface area contributed by atoms with Crippen LogP contribution in [0.15, 0.2) is 48.8 Å². The first kappa shape index (κ1) is 16.6. The van der Waals surface area contributed by atoms with Crippen molar-refractivity contribution in [2.75, 3.05) is 5.32 Å². The second-order valence-electron chi connectivity index (χ2n) is 5.64. The molecule has 0 aliphatic rings. The maximum Gasteiger partial charge on any atom is 0.252 e. The third kappa shape index (κ3) is 4.00. The fraction of sp³-hybridized carbons (Fsp3) is 0.222. The van der Waals surface area contributed by atoms with Gasteiger partial charge in [0.1, 0.15) is 6.04 Å². The second kappa shape index (κ2) is 7.57. The minimum absolute atomic E-state index is 0.302. The van der Waals surface area contributed by atoms with Crippen molar-refractivity contribution < 1.29 is 9.59 Å². The number of rotatable bonds is 6. The largest absolute Gasteiger partial charge is 0.340 e. The number of fused-ring (bicyclic) bond motifs is 1. The molecule has 7 nitrogen and oxygen atoms in total. The van der Waals surface area contributed by atoms with Gasteiger partial charge in [0.25, 0.3) is 5.91 Å². The van der Waals surface area contributed by atoms with Gasteiger partial charge in [0.05, 0.1) is 11.0 Å². The normalized spacial score (nSPS) is 11.9. The number of carbonyl (C=O) groups excluding carboxylic acids is 2. The average Bonchev–Trinajstić information content (AvgIpc) is 3.04. The van der Waals surface area contributed by atoms with E-state index in [1.165, 1.54) is 12.4 Å². The van der Waals surface area contributed by atoms with Gasteiger partial charge in [-0.25, -0.2) is 4.98 Å². The van der Waals surface area contributed by atoms with E-state index in [1.54, 1.807) is 12.1 Å². The number of H-pyrrole nitrogens is 1. The molecule has 0 saturated carbocycles. The van der Waals surface area contributed by atoms with Crippen molar-refractivity contribution in [1.82, 2.24) is 20.3 Å². The van der Waals surface area contributed by atoms with Crippen molar-refractivity contribution >= 4 is 28.8 Å². The zero-order chi connectivity index (χ0) is 17.6. The van der Waals surface area contributed by atoms with Gasteiger partial charge >= 0.3 is 0 Å². The van der Waals surface area contributed by atoms with E-state index in [1.807, 2.05) is 31.2 Å². The number of pyridine rings is 1. The highest BCUT2D eigenvalue weighted by molar-refractivity contribution is 6.01. The Morgan fingerprint density at radius 2 is 1.92 bits per heavy atom. The topological polar surface area (TPSA) is 99.8 Å². The maximum absolute atomic E-state index is 12.5. The zero-order valence-corrected chi connectivity index (χ0v) is 13.8. The van der Waals surface area contributed by atoms with Crippen LogP contribution in [0.4, 0.5) is 5.95 Å². The summed E-state index contributed by atoms with van der Waals surface area (Å²) in [7, 11) is 0. The molecule has 3 N–H and O–H groups in total. The van der Waals surface area contributed by atoms with Crippen molar-refractivity contribution in [3.05, 3.63) is 54.4 Å². The predicted molar refractivity (Wildman–Crippen MR) is 95.1 cm³/mol. The van der Waals surface area contributed by atoms with Crippen LogP contribution in [-0.2, 0) is 4.79 Å². The Bertz CT molecular complexity index is 842. The molecule has 3 rings (SSSR count). The average molecular weight is 337 g/mol. The fourth-order valence-electron chi connectivity index (χ4n) is 2.52. The van der Waals surface area contributed by atoms with Crippen molar-refractivity contribution in [2.45, 2.75) is 25.8 Å². The zero-order valence-electron chi connectivity index (χ0n) is 13.8. The highest BCUT2D eigenvalue weighted by Crippen LogP contribution is 2.14. The maximum atomic E-state index is 12.5. The number of nitrogens with zero attached hydrogens (tertiary/aromatic N) is 2. The van der Waals surface area contributed by atoms with Gasteiger partial charge in [-0.05, 0) is 30.7 Å². The molecule has 128 valence electrons. The van der Waals surface area contributed by atoms with Crippen LogP contribution in [0.1, 0.15) is 30.1 Å². The van der Waals surface area contributed by atoms with E-state index in [0.29, 0.717) is 17.9 Å². The molecular weight excluding hydrogens is 318 g/mol. The summed E-state index contributed by atoms with van der Waals surface area (Å²) in [5, 5.41) is 5.51. The molecule has 0 bridgehead atoms. The number of nitrogens with one attached hydrogen (secondary N) is 3. The van der Waals surface area contributed by atoms with Gasteiger partial charge in [0.15, 0.2) is 0 Å². The standard InChI is InChI=1S/C18H19N5O2/c1-2-5-15(20-16(24)12-8-10-19-11-9-12)17(25)23-18-21-13-6-3-4-7-14(13)22-18/h3-4,6-11,15H,2,5H2,1H3,(H,20,24)(H2,21,22,23,25). The number of carbonyl (C=O) groups is 2. The summed E-state index contributed by atoms with van der Waals surface area (Å²) >= 11 is 0. The number of anilines is 1. The van der Waals surface area contributed by atoms with Gasteiger partial charge in [-0.15, -0.1) is 0 Å². The first-order chi connectivity index (χ1) is 12.2. The molecule has 1 aromatic carbocycles. The fourth-order valence-corrected chi connectivity index (χ4v) is 2.52. The summed E-state index contributed by atoms with van der Waals surface area (Å²) in [5.74, 6) is -0.241. The third-order valence-corrected chi connectivity index (χ3v) is 3.77. The van der Waals surface area contributed by atoms with E-state index < -0.39 is 6.04 Å². The van der Waals surface area contributed by atoms with E-state index in [9.17, 15) is 9.59 Å². The lowest BCUT2D eigenvalue weighted by molar-refractivity contribution is -0.118. The van der Waals surface area contributed by atoms with Gasteiger partial charge in [-0.1, -0.05) is 25.5 Å². The van der Waals surface area contributed by atoms with Gasteiger partial charge in [0.2, 0.25) is 11.9 Å². The van der Waals surface area contributed by atoms with Crippen LogP contribution in [0, 0.1) is 0 Å². The molecule has 2 amide bonds. The van der Waals surface area contributed by atoms with E-state index >= 15 is 0 Å². The van der Waals surface area contributed by atoms with Crippen molar-refractivity contribution in [3.63, 3.8) is 0 Å². The van der Waals surface area contributed by atoms with E-state index in [4.69, 9.17) is 0 Å². The number of aromatic nitrogens is 3. The quantitative estimate of drug-likeness (QED) is 0.643. The Labute approximate surface area is 144 Å². The Morgan fingerprint density at radius 3 is 2.64 bits per heavy atom. The highest BCUT2D eigenvalue weighted by Gasteiger charge is 2.21. The monoisotopic (exact) mass is 337 g/mol. The molecule has 2 aromatic heterocycles. The number of hydrogen-bond acceptors (Lipinski definition) is 4. The van der Waals surface area contributed by atoms with Crippen LogP contribution in [-0.4, -0.2) is 32.8 Å². The van der Waals surface area contributed by atoms with E-state index in [0.717, 1.165) is 17.5 Å². The molecule has 7 heteroatoms. The lowest BCUT2D eigenvalue weighted by atomic mass is 10.1. The summed E-state index contributed by atoms with van der Waals surface area (Å²) in [6.07, 6.45) is 4.37. The lowest BCUT2D eigenvalue weighted by Gasteiger charge is -2.17. The van der Waals surface area contributed by atoms with Gasteiger partial charge in [0, 0.05) is 18.0 Å². The van der Waals surface area contributed by atoms with E-state index in [2.05, 4.69) is 25.6 Å². The van der Waals surface area contributed by atoms with Gasteiger partial charge in [-0.2, -0.15) is 0 Å². The van der Waals surface area contributed by atoms with Crippen LogP contribution in [0.25, 0.3) is 11.0 Å². The Kier molecular flexibility index (Phi) is 5.03. The molecule has 1 unspecified atom stereocenters. The van der Waals surface area contributed by atoms with Crippen LogP contribution in [0.3, 0.4) is 0 Å². The number of benzene rings is 1. The third-order valence-electron chi connectivity index (χ3n) is 3.77. The minimum atomic E-state index is -0.640. The molecular formula is C18H19N5O2. The van der Waals surface area contributed by atoms with Gasteiger partial charge in [-0.3, -0.25) is 19.9 Å². The Balaban J connectivity index is 1.70. The molecule has 25 heavy (non-hydrogen) atoms. The number of para-hydroxylation sites is 2. The van der Waals surface area contributed by atoms with Crippen LogP contribution < -0.4 is 10.6 Å². The molecule has 0 aliphatic heterocycles. The van der Waals surface area contributed by atoms with Crippen LogP contribution in [0.5, 0.6) is 0 Å². The SMILES string of the molecule is CCCC(NC(=O)c1ccncc1)C(=O)Nc1nc2ccccc2[nH]1. The summed E-state index contributed by atoms with van der Waals surface area (Å²) in [6, 6.07) is 10.1. The molecule has 3 aromatic rings. The summed E-state index contributed by atoms with van der Waals surface area (Å²) in [5.41, 5.74) is 2.07. The molecule has 2 heterocycles. The molecule has 0 radical (unpaired) electrons. The summed E-state index contributed by atoms with van der Waals surface area (Å²) in [6.45, 7) is 1.96. The lowest BCUT2D eigenvalue weighted by Crippen LogP contribution is -2.43. The second-order valence-corrected chi connectivity index (χ2v) is 5.64. The number of hydrogen-bond donors (Lipinski definition) is 3. The van der Waals surface area contributed by atoms with Crippen LogP contribution in [0.2, 0.25) is 0 Å². The number of aromatic amines is 1. The van der Waals surface area contributed by atoms with Gasteiger partial charge < -0.3 is 10.3 Å². The molecule has 1 atom stereocenters. The Morgan fingerprint density at radius 1 is 1.16 bits per heavy atom. The number of imidazole rings is 1. The first-order valence-corrected chi connectivity index (χ1v) is 8.14. The van der Waals surface area contributed by atoms with E-state index in [-0.39, 0.29) is 11.8 Å².